The minimum atomic E-state index is 0.0432. The first kappa shape index (κ1) is 16.8. The highest BCUT2D eigenvalue weighted by atomic mass is 16.5. The predicted octanol–water partition coefficient (Wildman–Crippen LogP) is 0.358. The average Bonchev–Trinajstić information content (AvgIpc) is 2.50. The van der Waals surface area contributed by atoms with E-state index < -0.39 is 0 Å². The first-order valence-electron chi connectivity index (χ1n) is 6.55. The van der Waals surface area contributed by atoms with E-state index in [1.54, 1.807) is 44.3 Å². The molecule has 0 aromatic heterocycles. The fourth-order valence-electron chi connectivity index (χ4n) is 1.78. The number of nitrogens with two attached hydrogens (primary N) is 1. The van der Waals surface area contributed by atoms with Crippen LogP contribution in [-0.4, -0.2) is 49.6 Å². The molecule has 4 N–H and O–H groups in total. The molecule has 0 radical (unpaired) electrons. The van der Waals surface area contributed by atoms with Crippen LogP contribution in [0.15, 0.2) is 23.4 Å². The van der Waals surface area contributed by atoms with Gasteiger partial charge in [-0.05, 0) is 18.2 Å². The average molecular weight is 294 g/mol. The maximum atomic E-state index is 11.5. The molecule has 0 fully saturated rings. The lowest BCUT2D eigenvalue weighted by molar-refractivity contribution is -0.128. The van der Waals surface area contributed by atoms with Gasteiger partial charge in [0.25, 0.3) is 0 Å². The Balaban J connectivity index is 2.66. The summed E-state index contributed by atoms with van der Waals surface area (Å²) in [6.45, 7) is 1.09. The van der Waals surface area contributed by atoms with Crippen LogP contribution >= 0.6 is 0 Å². The number of carbonyl (C=O) groups is 1. The zero-order chi connectivity index (χ0) is 15.8. The van der Waals surface area contributed by atoms with Crippen LogP contribution in [-0.2, 0) is 11.3 Å². The monoisotopic (exact) mass is 294 g/mol. The standard InChI is InChI=1S/C14H22N4O3/c1-18(2)13(19)6-7-16-9-11-8-10(14(15)17-20)4-5-12(11)21-3/h4-5,8,16,20H,6-7,9H2,1-3H3,(H2,15,17). The smallest absolute Gasteiger partial charge is 0.223 e. The molecular weight excluding hydrogens is 272 g/mol. The Morgan fingerprint density at radius 3 is 2.76 bits per heavy atom. The molecule has 1 amide bonds. The molecule has 1 rings (SSSR count). The van der Waals surface area contributed by atoms with Crippen molar-refractivity contribution in [3.05, 3.63) is 29.3 Å². The molecule has 0 atom stereocenters. The van der Waals surface area contributed by atoms with E-state index in [0.29, 0.717) is 30.8 Å². The number of amidine groups is 1. The number of hydrogen-bond donors (Lipinski definition) is 3. The van der Waals surface area contributed by atoms with Gasteiger partial charge in [-0.1, -0.05) is 5.16 Å². The van der Waals surface area contributed by atoms with Gasteiger partial charge in [0.15, 0.2) is 5.84 Å². The summed E-state index contributed by atoms with van der Waals surface area (Å²) in [5.74, 6) is 0.817. The van der Waals surface area contributed by atoms with Crippen molar-refractivity contribution < 1.29 is 14.7 Å². The first-order valence-corrected chi connectivity index (χ1v) is 6.55. The second-order valence-corrected chi connectivity index (χ2v) is 4.73. The summed E-state index contributed by atoms with van der Waals surface area (Å²) in [5, 5.41) is 14.9. The van der Waals surface area contributed by atoms with E-state index in [-0.39, 0.29) is 11.7 Å². The summed E-state index contributed by atoms with van der Waals surface area (Å²) in [6, 6.07) is 5.26. The third kappa shape index (κ3) is 4.96. The predicted molar refractivity (Wildman–Crippen MR) is 80.5 cm³/mol. The van der Waals surface area contributed by atoms with E-state index in [2.05, 4.69) is 10.5 Å². The second-order valence-electron chi connectivity index (χ2n) is 4.73. The van der Waals surface area contributed by atoms with E-state index in [0.717, 1.165) is 5.56 Å². The molecule has 0 saturated carbocycles. The van der Waals surface area contributed by atoms with Gasteiger partial charge >= 0.3 is 0 Å². The highest BCUT2D eigenvalue weighted by Crippen LogP contribution is 2.19. The molecule has 7 nitrogen and oxygen atoms in total. The Labute approximate surface area is 124 Å². The number of oxime groups is 1. The van der Waals surface area contributed by atoms with Crippen molar-refractivity contribution in [1.29, 1.82) is 0 Å². The zero-order valence-electron chi connectivity index (χ0n) is 12.6. The summed E-state index contributed by atoms with van der Waals surface area (Å²) in [4.78, 5) is 13.0. The van der Waals surface area contributed by atoms with Crippen LogP contribution in [0.5, 0.6) is 5.75 Å². The van der Waals surface area contributed by atoms with Crippen molar-refractivity contribution in [2.45, 2.75) is 13.0 Å². The van der Waals surface area contributed by atoms with E-state index in [1.165, 1.54) is 0 Å². The maximum Gasteiger partial charge on any atom is 0.223 e. The summed E-state index contributed by atoms with van der Waals surface area (Å²) in [7, 11) is 5.04. The van der Waals surface area contributed by atoms with Crippen LogP contribution in [0.3, 0.4) is 0 Å². The Bertz CT molecular complexity index is 515. The highest BCUT2D eigenvalue weighted by Gasteiger charge is 2.08. The van der Waals surface area contributed by atoms with Gasteiger partial charge in [-0.15, -0.1) is 0 Å². The fourth-order valence-corrected chi connectivity index (χ4v) is 1.78. The van der Waals surface area contributed by atoms with Crippen molar-refractivity contribution in [3.63, 3.8) is 0 Å². The molecule has 0 saturated heterocycles. The molecule has 0 spiro atoms. The van der Waals surface area contributed by atoms with E-state index >= 15 is 0 Å². The van der Waals surface area contributed by atoms with Crippen molar-refractivity contribution in [2.24, 2.45) is 10.9 Å². The van der Waals surface area contributed by atoms with Gasteiger partial charge in [0.05, 0.1) is 7.11 Å². The topological polar surface area (TPSA) is 100 Å². The maximum absolute atomic E-state index is 11.5. The Morgan fingerprint density at radius 2 is 2.19 bits per heavy atom. The summed E-state index contributed by atoms with van der Waals surface area (Å²) in [6.07, 6.45) is 0.426. The molecule has 1 aromatic carbocycles. The van der Waals surface area contributed by atoms with Crippen LogP contribution in [0.1, 0.15) is 17.5 Å². The summed E-state index contributed by atoms with van der Waals surface area (Å²) in [5.41, 5.74) is 7.06. The quantitative estimate of drug-likeness (QED) is 0.222. The lowest BCUT2D eigenvalue weighted by Gasteiger charge is -2.13. The van der Waals surface area contributed by atoms with Gasteiger partial charge in [0.1, 0.15) is 5.75 Å². The normalized spacial score (nSPS) is 11.3. The third-order valence-corrected chi connectivity index (χ3v) is 3.01. The molecular formula is C14H22N4O3. The lowest BCUT2D eigenvalue weighted by Crippen LogP contribution is -2.26. The van der Waals surface area contributed by atoms with Gasteiger partial charge < -0.3 is 25.9 Å². The molecule has 0 aliphatic carbocycles. The van der Waals surface area contributed by atoms with Crippen LogP contribution in [0.4, 0.5) is 0 Å². The molecule has 0 unspecified atom stereocenters. The number of methoxy groups -OCH3 is 1. The number of nitrogens with zero attached hydrogens (tertiary/aromatic N) is 2. The van der Waals surface area contributed by atoms with Crippen molar-refractivity contribution in [1.82, 2.24) is 10.2 Å². The molecule has 0 heterocycles. The number of amides is 1. The van der Waals surface area contributed by atoms with Gasteiger partial charge in [0, 0.05) is 44.7 Å². The van der Waals surface area contributed by atoms with E-state index in [4.69, 9.17) is 15.7 Å². The lowest BCUT2D eigenvalue weighted by atomic mass is 10.1. The minimum Gasteiger partial charge on any atom is -0.496 e. The van der Waals surface area contributed by atoms with Gasteiger partial charge in [-0.2, -0.15) is 0 Å². The molecule has 0 bridgehead atoms. The number of rotatable bonds is 7. The fraction of sp³-hybridized carbons (Fsp3) is 0.429. The van der Waals surface area contributed by atoms with Crippen molar-refractivity contribution in [2.75, 3.05) is 27.7 Å². The number of hydrogen-bond acceptors (Lipinski definition) is 5. The van der Waals surface area contributed by atoms with Crippen molar-refractivity contribution in [3.8, 4) is 5.75 Å². The number of nitrogens with one attached hydrogen (secondary N) is 1. The Morgan fingerprint density at radius 1 is 1.48 bits per heavy atom. The van der Waals surface area contributed by atoms with Crippen molar-refractivity contribution >= 4 is 11.7 Å². The van der Waals surface area contributed by atoms with Gasteiger partial charge in [0.2, 0.25) is 5.91 Å². The largest absolute Gasteiger partial charge is 0.496 e. The number of carbonyl (C=O) groups excluding carboxylic acids is 1. The Hall–Kier alpha value is -2.28. The summed E-state index contributed by atoms with van der Waals surface area (Å²) >= 11 is 0. The van der Waals surface area contributed by atoms with Crippen LogP contribution in [0.25, 0.3) is 0 Å². The Kier molecular flexibility index (Phi) is 6.48. The third-order valence-electron chi connectivity index (χ3n) is 3.01. The first-order chi connectivity index (χ1) is 9.99. The molecule has 1 aromatic rings. The SMILES string of the molecule is COc1ccc(/C(N)=N/O)cc1CNCCC(=O)N(C)C. The number of ether oxygens (including phenoxy) is 1. The van der Waals surface area contributed by atoms with E-state index in [9.17, 15) is 4.79 Å². The molecule has 0 aliphatic heterocycles. The minimum absolute atomic E-state index is 0.0432. The zero-order valence-corrected chi connectivity index (χ0v) is 12.6. The molecule has 21 heavy (non-hydrogen) atoms. The molecule has 116 valence electrons. The highest BCUT2D eigenvalue weighted by molar-refractivity contribution is 5.97. The van der Waals surface area contributed by atoms with Gasteiger partial charge in [-0.3, -0.25) is 4.79 Å². The molecule has 7 heteroatoms. The van der Waals surface area contributed by atoms with Crippen LogP contribution in [0, 0.1) is 0 Å². The molecule has 0 aliphatic rings. The van der Waals surface area contributed by atoms with Crippen LogP contribution in [0.2, 0.25) is 0 Å². The van der Waals surface area contributed by atoms with E-state index in [1.807, 2.05) is 0 Å². The second kappa shape index (κ2) is 8.11. The van der Waals surface area contributed by atoms with Gasteiger partial charge in [-0.25, -0.2) is 0 Å². The van der Waals surface area contributed by atoms with Crippen LogP contribution < -0.4 is 15.8 Å². The summed E-state index contributed by atoms with van der Waals surface area (Å²) < 4.78 is 5.27. The number of benzene rings is 1.